The third-order valence-corrected chi connectivity index (χ3v) is 6.31. The van der Waals surface area contributed by atoms with Crippen LogP contribution < -0.4 is 10.6 Å². The van der Waals surface area contributed by atoms with E-state index in [1.807, 2.05) is 31.2 Å². The maximum atomic E-state index is 12.3. The Bertz CT molecular complexity index is 1310. The number of carbonyl (C=O) groups is 1. The van der Waals surface area contributed by atoms with Crippen molar-refractivity contribution in [1.29, 1.82) is 0 Å². The molecule has 0 spiro atoms. The number of esters is 1. The van der Waals surface area contributed by atoms with Gasteiger partial charge < -0.3 is 15.4 Å². The molecule has 5 rings (SSSR count). The van der Waals surface area contributed by atoms with Crippen LogP contribution in [0, 0.1) is 12.8 Å². The van der Waals surface area contributed by atoms with E-state index in [4.69, 9.17) is 4.74 Å². The number of carbonyl (C=O) groups excluding carboxylic acids is 1. The Morgan fingerprint density at radius 1 is 1.06 bits per heavy atom. The summed E-state index contributed by atoms with van der Waals surface area (Å²) in [7, 11) is 0. The predicted octanol–water partition coefficient (Wildman–Crippen LogP) is 3.41. The van der Waals surface area contributed by atoms with Gasteiger partial charge in [0.05, 0.1) is 6.61 Å². The van der Waals surface area contributed by atoms with E-state index < -0.39 is 0 Å². The Morgan fingerprint density at radius 2 is 1.88 bits per heavy atom. The largest absolute Gasteiger partial charge is 0.461 e. The highest BCUT2D eigenvalue weighted by atomic mass is 32.1. The van der Waals surface area contributed by atoms with Gasteiger partial charge in [-0.05, 0) is 43.3 Å². The van der Waals surface area contributed by atoms with E-state index in [9.17, 15) is 4.79 Å². The second-order valence-corrected chi connectivity index (χ2v) is 9.15. The molecular formula is C24H23N7O2S. The highest BCUT2D eigenvalue weighted by Crippen LogP contribution is 2.21. The van der Waals surface area contributed by atoms with Crippen LogP contribution in [0.15, 0.2) is 54.9 Å². The molecule has 0 amide bonds. The Hall–Kier alpha value is -3.76. The van der Waals surface area contributed by atoms with E-state index in [0.29, 0.717) is 52.8 Å². The zero-order valence-corrected chi connectivity index (χ0v) is 19.4. The van der Waals surface area contributed by atoms with Crippen molar-refractivity contribution in [2.45, 2.75) is 13.3 Å². The van der Waals surface area contributed by atoms with Gasteiger partial charge in [-0.1, -0.05) is 6.07 Å². The monoisotopic (exact) mass is 473 g/mol. The van der Waals surface area contributed by atoms with Crippen LogP contribution >= 0.6 is 11.3 Å². The minimum Gasteiger partial charge on any atom is -0.461 e. The van der Waals surface area contributed by atoms with Gasteiger partial charge >= 0.3 is 5.97 Å². The first-order chi connectivity index (χ1) is 16.6. The third kappa shape index (κ3) is 5.41. The molecule has 0 bridgehead atoms. The highest BCUT2D eigenvalue weighted by molar-refractivity contribution is 7.13. The molecule has 1 fully saturated rings. The fraction of sp³-hybridized carbons (Fsp3) is 0.250. The number of hydrogen-bond donors (Lipinski definition) is 2. The van der Waals surface area contributed by atoms with Crippen LogP contribution in [0.2, 0.25) is 0 Å². The van der Waals surface area contributed by atoms with Gasteiger partial charge in [0.1, 0.15) is 28.0 Å². The molecule has 4 aromatic rings. The smallest absolute Gasteiger partial charge is 0.348 e. The zero-order valence-electron chi connectivity index (χ0n) is 18.6. The fourth-order valence-corrected chi connectivity index (χ4v) is 4.27. The molecule has 0 saturated carbocycles. The predicted molar refractivity (Wildman–Crippen MR) is 129 cm³/mol. The lowest BCUT2D eigenvalue weighted by Crippen LogP contribution is -2.44. The molecule has 34 heavy (non-hydrogen) atoms. The van der Waals surface area contributed by atoms with E-state index in [1.165, 1.54) is 11.3 Å². The molecule has 9 nitrogen and oxygen atoms in total. The van der Waals surface area contributed by atoms with Crippen LogP contribution in [-0.2, 0) is 11.2 Å². The number of thiophene rings is 1. The van der Waals surface area contributed by atoms with Crippen LogP contribution in [0.25, 0.3) is 11.5 Å². The number of anilines is 2. The zero-order chi connectivity index (χ0) is 23.3. The van der Waals surface area contributed by atoms with Gasteiger partial charge in [-0.3, -0.25) is 0 Å². The summed E-state index contributed by atoms with van der Waals surface area (Å²) in [5, 5.41) is 6.38. The van der Waals surface area contributed by atoms with Crippen molar-refractivity contribution < 1.29 is 9.53 Å². The van der Waals surface area contributed by atoms with Crippen molar-refractivity contribution in [3.63, 3.8) is 0 Å². The van der Waals surface area contributed by atoms with Crippen molar-refractivity contribution in [2.75, 3.05) is 25.0 Å². The number of pyridine rings is 1. The van der Waals surface area contributed by atoms with E-state index in [1.54, 1.807) is 30.6 Å². The molecular weight excluding hydrogens is 450 g/mol. The van der Waals surface area contributed by atoms with Crippen molar-refractivity contribution in [3.05, 3.63) is 76.1 Å². The maximum absolute atomic E-state index is 12.3. The molecule has 0 atom stereocenters. The van der Waals surface area contributed by atoms with Gasteiger partial charge in [0.2, 0.25) is 0 Å². The summed E-state index contributed by atoms with van der Waals surface area (Å²) in [4.78, 5) is 36.2. The number of nitrogens with one attached hydrogen (secondary N) is 2. The number of ether oxygens (including phenoxy) is 1. The summed E-state index contributed by atoms with van der Waals surface area (Å²) in [6.45, 7) is 4.20. The summed E-state index contributed by atoms with van der Waals surface area (Å²) < 4.78 is 5.40. The summed E-state index contributed by atoms with van der Waals surface area (Å²) in [5.41, 5.74) is 1.61. The average Bonchev–Trinajstić information content (AvgIpc) is 3.27. The first-order valence-electron chi connectivity index (χ1n) is 10.9. The van der Waals surface area contributed by atoms with E-state index in [0.717, 1.165) is 23.7 Å². The number of aromatic nitrogens is 5. The summed E-state index contributed by atoms with van der Waals surface area (Å²) in [6, 6.07) is 13.0. The second-order valence-electron chi connectivity index (χ2n) is 7.98. The lowest BCUT2D eigenvalue weighted by Gasteiger charge is -2.26. The standard InChI is InChI=1S/C24H23N7O2S/c1-15-3-2-4-18(28-15)23-27-10-8-21(31-23)29-20-7-9-26-22(30-20)11-17-5-6-19(34-17)24(32)33-14-16-12-25-13-16/h2-10,16,25H,11-14H2,1H3,(H,26,27,29,30,31). The van der Waals surface area contributed by atoms with Crippen LogP contribution in [0.5, 0.6) is 0 Å². The maximum Gasteiger partial charge on any atom is 0.348 e. The van der Waals surface area contributed by atoms with Crippen molar-refractivity contribution >= 4 is 28.9 Å². The van der Waals surface area contributed by atoms with Gasteiger partial charge in [0.15, 0.2) is 5.82 Å². The molecule has 5 heterocycles. The van der Waals surface area contributed by atoms with Gasteiger partial charge in [0, 0.05) is 48.4 Å². The minimum atomic E-state index is -0.276. The van der Waals surface area contributed by atoms with Gasteiger partial charge in [-0.25, -0.2) is 29.7 Å². The Balaban J connectivity index is 1.23. The van der Waals surface area contributed by atoms with E-state index in [2.05, 4.69) is 35.6 Å². The van der Waals surface area contributed by atoms with Crippen LogP contribution in [0.3, 0.4) is 0 Å². The van der Waals surface area contributed by atoms with Crippen LogP contribution in [0.4, 0.5) is 11.6 Å². The molecule has 4 aromatic heterocycles. The third-order valence-electron chi connectivity index (χ3n) is 5.25. The van der Waals surface area contributed by atoms with E-state index >= 15 is 0 Å². The van der Waals surface area contributed by atoms with Crippen molar-refractivity contribution in [3.8, 4) is 11.5 Å². The Morgan fingerprint density at radius 3 is 2.68 bits per heavy atom. The van der Waals surface area contributed by atoms with Gasteiger partial charge in [-0.2, -0.15) is 0 Å². The number of aryl methyl sites for hydroxylation is 1. The molecule has 2 N–H and O–H groups in total. The molecule has 0 unspecified atom stereocenters. The van der Waals surface area contributed by atoms with Crippen LogP contribution in [-0.4, -0.2) is 50.6 Å². The van der Waals surface area contributed by atoms with E-state index in [-0.39, 0.29) is 5.97 Å². The topological polar surface area (TPSA) is 115 Å². The number of hydrogen-bond acceptors (Lipinski definition) is 10. The molecule has 1 saturated heterocycles. The first-order valence-corrected chi connectivity index (χ1v) is 11.8. The van der Waals surface area contributed by atoms with Gasteiger partial charge in [-0.15, -0.1) is 11.3 Å². The number of nitrogens with zero attached hydrogens (tertiary/aromatic N) is 5. The molecule has 0 radical (unpaired) electrons. The van der Waals surface area contributed by atoms with Crippen molar-refractivity contribution in [2.24, 2.45) is 5.92 Å². The highest BCUT2D eigenvalue weighted by Gasteiger charge is 2.20. The average molecular weight is 474 g/mol. The molecule has 1 aliphatic rings. The molecule has 1 aliphatic heterocycles. The summed E-state index contributed by atoms with van der Waals surface area (Å²) in [5.74, 6) is 2.56. The SMILES string of the molecule is Cc1cccc(-c2nccc(Nc3ccnc(Cc4ccc(C(=O)OCC5CNC5)s4)n3)n2)n1. The first kappa shape index (κ1) is 22.1. The normalized spacial score (nSPS) is 13.3. The van der Waals surface area contributed by atoms with Gasteiger partial charge in [0.25, 0.3) is 0 Å². The molecule has 172 valence electrons. The molecule has 10 heteroatoms. The summed E-state index contributed by atoms with van der Waals surface area (Å²) in [6.07, 6.45) is 3.90. The number of rotatable bonds is 8. The quantitative estimate of drug-likeness (QED) is 0.372. The lowest BCUT2D eigenvalue weighted by molar-refractivity contribution is 0.0403. The molecule has 0 aromatic carbocycles. The Kier molecular flexibility index (Phi) is 6.50. The fourth-order valence-electron chi connectivity index (χ4n) is 3.37. The van der Waals surface area contributed by atoms with Crippen LogP contribution in [0.1, 0.15) is 26.1 Å². The second kappa shape index (κ2) is 10.0. The lowest BCUT2D eigenvalue weighted by atomic mass is 10.1. The molecule has 0 aliphatic carbocycles. The minimum absolute atomic E-state index is 0.276. The Labute approximate surface area is 200 Å². The van der Waals surface area contributed by atoms with Crippen molar-refractivity contribution in [1.82, 2.24) is 30.2 Å². The summed E-state index contributed by atoms with van der Waals surface area (Å²) >= 11 is 1.41.